The third kappa shape index (κ3) is 7.92. The number of unbranched alkanes of at least 4 members (excludes halogenated alkanes) is 2. The minimum Gasteiger partial charge on any atom is -0.488 e. The maximum absolute atomic E-state index is 12.0. The average molecular weight is 416 g/mol. The van der Waals surface area contributed by atoms with Gasteiger partial charge >= 0.3 is 0 Å². The lowest BCUT2D eigenvalue weighted by atomic mass is 9.93. The fourth-order valence-corrected chi connectivity index (χ4v) is 4.37. The number of benzene rings is 1. The van der Waals surface area contributed by atoms with Gasteiger partial charge in [0.05, 0.1) is 0 Å². The van der Waals surface area contributed by atoms with Crippen LogP contribution in [0, 0.1) is 0 Å². The van der Waals surface area contributed by atoms with Crippen LogP contribution in [0.25, 0.3) is 0 Å². The number of hydrogen-bond acceptors (Lipinski definition) is 4. The van der Waals surface area contributed by atoms with Crippen LogP contribution >= 0.6 is 0 Å². The van der Waals surface area contributed by atoms with Crippen LogP contribution in [0.5, 0.6) is 5.75 Å². The lowest BCUT2D eigenvalue weighted by Gasteiger charge is -2.32. The van der Waals surface area contributed by atoms with E-state index < -0.39 is 0 Å². The van der Waals surface area contributed by atoms with Gasteiger partial charge in [0.2, 0.25) is 5.91 Å². The zero-order valence-electron chi connectivity index (χ0n) is 19.1. The second kappa shape index (κ2) is 11.7. The van der Waals surface area contributed by atoms with Crippen molar-refractivity contribution in [2.75, 3.05) is 32.7 Å². The first-order chi connectivity index (χ1) is 14.5. The van der Waals surface area contributed by atoms with E-state index in [4.69, 9.17) is 4.74 Å². The van der Waals surface area contributed by atoms with Gasteiger partial charge in [-0.3, -0.25) is 4.79 Å². The third-order valence-corrected chi connectivity index (χ3v) is 6.29. The number of carbonyl (C=O) groups is 1. The van der Waals surface area contributed by atoms with E-state index in [2.05, 4.69) is 47.6 Å². The Morgan fingerprint density at radius 3 is 2.73 bits per heavy atom. The zero-order chi connectivity index (χ0) is 21.2. The molecule has 5 nitrogen and oxygen atoms in total. The number of nitrogens with zero attached hydrogens (tertiary/aromatic N) is 1. The Bertz CT molecular complexity index is 668. The van der Waals surface area contributed by atoms with Crippen LogP contribution in [0.4, 0.5) is 0 Å². The molecule has 1 fully saturated rings. The largest absolute Gasteiger partial charge is 0.488 e. The van der Waals surface area contributed by atoms with Gasteiger partial charge in [-0.2, -0.15) is 0 Å². The molecule has 3 rings (SSSR count). The van der Waals surface area contributed by atoms with E-state index >= 15 is 0 Å². The molecule has 1 saturated heterocycles. The van der Waals surface area contributed by atoms with Crippen LogP contribution in [0.2, 0.25) is 0 Å². The number of piperidine rings is 1. The van der Waals surface area contributed by atoms with Crippen molar-refractivity contribution in [3.63, 3.8) is 0 Å². The summed E-state index contributed by atoms with van der Waals surface area (Å²) in [5.41, 5.74) is 2.63. The van der Waals surface area contributed by atoms with Crippen molar-refractivity contribution >= 4 is 5.91 Å². The van der Waals surface area contributed by atoms with Gasteiger partial charge in [0.1, 0.15) is 11.4 Å². The van der Waals surface area contributed by atoms with Gasteiger partial charge in [-0.25, -0.2) is 0 Å². The minimum atomic E-state index is -0.0421. The highest BCUT2D eigenvalue weighted by atomic mass is 16.5. The maximum Gasteiger partial charge on any atom is 0.221 e. The monoisotopic (exact) mass is 415 g/mol. The molecule has 168 valence electrons. The van der Waals surface area contributed by atoms with Crippen molar-refractivity contribution in [1.82, 2.24) is 15.5 Å². The standard InChI is InChI=1S/C25H41N3O2/c1-25(2)13-11-22-19-21(9-10-23(22)30-25)20-26-14-5-3-6-15-27-24(29)12-18-28-16-7-4-8-17-28/h9-10,19,26H,3-8,11-18,20H2,1-2H3,(H,27,29). The number of rotatable bonds is 11. The van der Waals surface area contributed by atoms with Gasteiger partial charge < -0.3 is 20.3 Å². The molecule has 0 aliphatic carbocycles. The molecular weight excluding hydrogens is 374 g/mol. The third-order valence-electron chi connectivity index (χ3n) is 6.29. The molecule has 0 unspecified atom stereocenters. The summed E-state index contributed by atoms with van der Waals surface area (Å²) in [5, 5.41) is 6.62. The lowest BCUT2D eigenvalue weighted by Crippen LogP contribution is -2.34. The molecule has 1 aromatic rings. The number of nitrogens with one attached hydrogen (secondary N) is 2. The summed E-state index contributed by atoms with van der Waals surface area (Å²) in [6, 6.07) is 6.59. The SMILES string of the molecule is CC1(C)CCc2cc(CNCCCCCNC(=O)CCN3CCCCC3)ccc2O1. The Balaban J connectivity index is 1.19. The molecule has 0 bridgehead atoms. The average Bonchev–Trinajstić information content (AvgIpc) is 2.74. The molecule has 2 aliphatic rings. The maximum atomic E-state index is 12.0. The van der Waals surface area contributed by atoms with Crippen molar-refractivity contribution < 1.29 is 9.53 Å². The molecule has 2 aliphatic heterocycles. The lowest BCUT2D eigenvalue weighted by molar-refractivity contribution is -0.121. The van der Waals surface area contributed by atoms with Crippen LogP contribution in [-0.4, -0.2) is 49.1 Å². The minimum absolute atomic E-state index is 0.0421. The Labute approximate surface area is 182 Å². The molecule has 0 aromatic heterocycles. The van der Waals surface area contributed by atoms with Gasteiger partial charge in [0.25, 0.3) is 0 Å². The van der Waals surface area contributed by atoms with Gasteiger partial charge in [0, 0.05) is 26.1 Å². The van der Waals surface area contributed by atoms with Gasteiger partial charge in [-0.15, -0.1) is 0 Å². The predicted molar refractivity (Wildman–Crippen MR) is 123 cm³/mol. The summed E-state index contributed by atoms with van der Waals surface area (Å²) in [6.45, 7) is 10.3. The molecule has 30 heavy (non-hydrogen) atoms. The Morgan fingerprint density at radius 1 is 1.10 bits per heavy atom. The molecular formula is C25H41N3O2. The van der Waals surface area contributed by atoms with E-state index in [0.29, 0.717) is 6.42 Å². The summed E-state index contributed by atoms with van der Waals surface area (Å²) >= 11 is 0. The van der Waals surface area contributed by atoms with Crippen LogP contribution in [0.1, 0.15) is 76.3 Å². The topological polar surface area (TPSA) is 53.6 Å². The molecule has 0 saturated carbocycles. The highest BCUT2D eigenvalue weighted by Crippen LogP contribution is 2.33. The van der Waals surface area contributed by atoms with Crippen LogP contribution in [0.15, 0.2) is 18.2 Å². The molecule has 0 spiro atoms. The summed E-state index contributed by atoms with van der Waals surface area (Å²) in [4.78, 5) is 14.4. The van der Waals surface area contributed by atoms with Crippen LogP contribution < -0.4 is 15.4 Å². The van der Waals surface area contributed by atoms with E-state index in [1.807, 2.05) is 0 Å². The van der Waals surface area contributed by atoms with Crippen molar-refractivity contribution in [2.24, 2.45) is 0 Å². The highest BCUT2D eigenvalue weighted by molar-refractivity contribution is 5.76. The number of aryl methyl sites for hydroxylation is 1. The number of carbonyl (C=O) groups excluding carboxylic acids is 1. The van der Waals surface area contributed by atoms with Crippen molar-refractivity contribution in [3.05, 3.63) is 29.3 Å². The van der Waals surface area contributed by atoms with Gasteiger partial charge in [-0.1, -0.05) is 25.0 Å². The second-order valence-electron chi connectivity index (χ2n) is 9.54. The first kappa shape index (κ1) is 23.1. The molecule has 1 amide bonds. The van der Waals surface area contributed by atoms with Crippen LogP contribution in [-0.2, 0) is 17.8 Å². The Morgan fingerprint density at radius 2 is 1.90 bits per heavy atom. The number of hydrogen-bond donors (Lipinski definition) is 2. The number of ether oxygens (including phenoxy) is 1. The van der Waals surface area contributed by atoms with Crippen LogP contribution in [0.3, 0.4) is 0 Å². The summed E-state index contributed by atoms with van der Waals surface area (Å²) in [6.07, 6.45) is 10.1. The van der Waals surface area contributed by atoms with Crippen molar-refractivity contribution in [1.29, 1.82) is 0 Å². The normalized spacial score (nSPS) is 18.5. The molecule has 5 heteroatoms. The first-order valence-electron chi connectivity index (χ1n) is 12.0. The smallest absolute Gasteiger partial charge is 0.221 e. The number of amides is 1. The zero-order valence-corrected chi connectivity index (χ0v) is 19.1. The van der Waals surface area contributed by atoms with E-state index in [0.717, 1.165) is 77.1 Å². The van der Waals surface area contributed by atoms with Crippen molar-refractivity contribution in [3.8, 4) is 5.75 Å². The molecule has 2 heterocycles. The number of fused-ring (bicyclic) bond motifs is 1. The Kier molecular flexibility index (Phi) is 9.01. The van der Waals surface area contributed by atoms with E-state index in [-0.39, 0.29) is 11.5 Å². The Hall–Kier alpha value is -1.59. The first-order valence-corrected chi connectivity index (χ1v) is 12.0. The molecule has 2 N–H and O–H groups in total. The summed E-state index contributed by atoms with van der Waals surface area (Å²) < 4.78 is 6.06. The van der Waals surface area contributed by atoms with E-state index in [1.165, 1.54) is 30.4 Å². The van der Waals surface area contributed by atoms with E-state index in [9.17, 15) is 4.79 Å². The fraction of sp³-hybridized carbons (Fsp3) is 0.720. The quantitative estimate of drug-likeness (QED) is 0.536. The number of likely N-dealkylation sites (tertiary alicyclic amines) is 1. The second-order valence-corrected chi connectivity index (χ2v) is 9.54. The molecule has 1 aromatic carbocycles. The van der Waals surface area contributed by atoms with E-state index in [1.54, 1.807) is 0 Å². The highest BCUT2D eigenvalue weighted by Gasteiger charge is 2.26. The predicted octanol–water partition coefficient (Wildman–Crippen LogP) is 4.04. The van der Waals surface area contributed by atoms with Crippen molar-refractivity contribution in [2.45, 2.75) is 83.8 Å². The molecule has 0 radical (unpaired) electrons. The molecule has 0 atom stereocenters. The summed E-state index contributed by atoms with van der Waals surface area (Å²) in [7, 11) is 0. The van der Waals surface area contributed by atoms with Gasteiger partial charge in [0.15, 0.2) is 0 Å². The fourth-order valence-electron chi connectivity index (χ4n) is 4.37. The van der Waals surface area contributed by atoms with Gasteiger partial charge in [-0.05, 0) is 89.2 Å². The summed E-state index contributed by atoms with van der Waals surface area (Å²) in [5.74, 6) is 1.26.